The third-order valence-corrected chi connectivity index (χ3v) is 2.13. The average Bonchev–Trinajstić information content (AvgIpc) is 1.99. The number of rotatable bonds is 2. The van der Waals surface area contributed by atoms with Crippen molar-refractivity contribution < 1.29 is 9.13 Å². The second kappa shape index (κ2) is 3.34. The minimum absolute atomic E-state index is 0.136. The maximum absolute atomic E-state index is 13.2. The quantitative estimate of drug-likeness (QED) is 0.746. The predicted molar refractivity (Wildman–Crippen MR) is 48.4 cm³/mol. The molecule has 3 heteroatoms. The van der Waals surface area contributed by atoms with Crippen LogP contribution in [-0.4, -0.2) is 19.2 Å². The zero-order valence-corrected chi connectivity index (χ0v) is 7.51. The Labute approximate surface area is 76.7 Å². The number of aryl methyl sites for hydroxylation is 1. The van der Waals surface area contributed by atoms with Gasteiger partial charge in [0.1, 0.15) is 6.10 Å². The molecule has 0 amide bonds. The van der Waals surface area contributed by atoms with Crippen molar-refractivity contribution in [2.24, 2.45) is 0 Å². The largest absolute Gasteiger partial charge is 0.485 e. The van der Waals surface area contributed by atoms with E-state index in [4.69, 9.17) is 4.74 Å². The molecule has 0 aromatic heterocycles. The summed E-state index contributed by atoms with van der Waals surface area (Å²) < 4.78 is 18.6. The third kappa shape index (κ3) is 1.80. The Morgan fingerprint density at radius 1 is 1.46 bits per heavy atom. The topological polar surface area (TPSA) is 21.3 Å². The summed E-state index contributed by atoms with van der Waals surface area (Å²) >= 11 is 0. The van der Waals surface area contributed by atoms with E-state index in [0.29, 0.717) is 5.75 Å². The summed E-state index contributed by atoms with van der Waals surface area (Å²) in [7, 11) is 0. The van der Waals surface area contributed by atoms with Crippen LogP contribution in [-0.2, 0) is 0 Å². The molecule has 13 heavy (non-hydrogen) atoms. The Bertz CT molecular complexity index is 310. The molecule has 70 valence electrons. The number of halogens is 1. The Hall–Kier alpha value is -1.09. The van der Waals surface area contributed by atoms with Crippen LogP contribution in [0.1, 0.15) is 5.56 Å². The van der Waals surface area contributed by atoms with Crippen LogP contribution in [0.5, 0.6) is 5.75 Å². The van der Waals surface area contributed by atoms with Crippen molar-refractivity contribution in [1.29, 1.82) is 0 Å². The fraction of sp³-hybridized carbons (Fsp3) is 0.400. The monoisotopic (exact) mass is 181 g/mol. The maximum Gasteiger partial charge on any atom is 0.165 e. The molecule has 0 bridgehead atoms. The minimum Gasteiger partial charge on any atom is -0.485 e. The Balaban J connectivity index is 2.10. The van der Waals surface area contributed by atoms with Crippen molar-refractivity contribution in [2.75, 3.05) is 13.1 Å². The summed E-state index contributed by atoms with van der Waals surface area (Å²) in [6, 6.07) is 5.02. The van der Waals surface area contributed by atoms with E-state index in [2.05, 4.69) is 5.32 Å². The third-order valence-electron chi connectivity index (χ3n) is 2.13. The Morgan fingerprint density at radius 3 is 2.77 bits per heavy atom. The first-order chi connectivity index (χ1) is 6.25. The van der Waals surface area contributed by atoms with Gasteiger partial charge >= 0.3 is 0 Å². The molecule has 1 aliphatic heterocycles. The first-order valence-electron chi connectivity index (χ1n) is 4.39. The zero-order chi connectivity index (χ0) is 9.26. The van der Waals surface area contributed by atoms with E-state index in [0.717, 1.165) is 18.7 Å². The van der Waals surface area contributed by atoms with Gasteiger partial charge in [0, 0.05) is 13.1 Å². The molecule has 0 spiro atoms. The summed E-state index contributed by atoms with van der Waals surface area (Å²) in [5, 5.41) is 3.06. The van der Waals surface area contributed by atoms with E-state index < -0.39 is 0 Å². The highest BCUT2D eigenvalue weighted by Crippen LogP contribution is 2.19. The summed E-state index contributed by atoms with van der Waals surface area (Å²) in [4.78, 5) is 0. The van der Waals surface area contributed by atoms with Crippen LogP contribution in [0.3, 0.4) is 0 Å². The fourth-order valence-corrected chi connectivity index (χ4v) is 1.23. The fourth-order valence-electron chi connectivity index (χ4n) is 1.23. The molecule has 1 heterocycles. The van der Waals surface area contributed by atoms with Crippen LogP contribution < -0.4 is 10.1 Å². The number of benzene rings is 1. The summed E-state index contributed by atoms with van der Waals surface area (Å²) in [6.45, 7) is 3.48. The van der Waals surface area contributed by atoms with E-state index in [1.165, 1.54) is 6.07 Å². The first-order valence-corrected chi connectivity index (χ1v) is 4.39. The number of ether oxygens (including phenoxy) is 1. The highest BCUT2D eigenvalue weighted by Gasteiger charge is 2.19. The normalized spacial score (nSPS) is 16.8. The molecule has 1 aromatic rings. The molecule has 2 rings (SSSR count). The van der Waals surface area contributed by atoms with Gasteiger partial charge in [-0.15, -0.1) is 0 Å². The highest BCUT2D eigenvalue weighted by atomic mass is 19.1. The van der Waals surface area contributed by atoms with Gasteiger partial charge in [0.05, 0.1) is 0 Å². The van der Waals surface area contributed by atoms with Crippen LogP contribution in [0.2, 0.25) is 0 Å². The first kappa shape index (κ1) is 8.51. The van der Waals surface area contributed by atoms with Crippen molar-refractivity contribution in [3.8, 4) is 5.75 Å². The number of hydrogen-bond acceptors (Lipinski definition) is 2. The molecule has 0 atom stereocenters. The maximum atomic E-state index is 13.2. The second-order valence-corrected chi connectivity index (χ2v) is 3.33. The molecule has 1 saturated heterocycles. The van der Waals surface area contributed by atoms with E-state index in [9.17, 15) is 4.39 Å². The van der Waals surface area contributed by atoms with Crippen LogP contribution >= 0.6 is 0 Å². The lowest BCUT2D eigenvalue weighted by molar-refractivity contribution is 0.136. The van der Waals surface area contributed by atoms with Gasteiger partial charge in [0.2, 0.25) is 0 Å². The van der Waals surface area contributed by atoms with E-state index in [-0.39, 0.29) is 11.9 Å². The van der Waals surface area contributed by atoms with E-state index in [1.54, 1.807) is 6.07 Å². The molecular weight excluding hydrogens is 169 g/mol. The Morgan fingerprint density at radius 2 is 2.23 bits per heavy atom. The summed E-state index contributed by atoms with van der Waals surface area (Å²) in [5.74, 6) is 0.0870. The second-order valence-electron chi connectivity index (χ2n) is 3.33. The SMILES string of the molecule is Cc1ccc(OC2CNC2)c(F)c1. The van der Waals surface area contributed by atoms with Crippen molar-refractivity contribution in [1.82, 2.24) is 5.32 Å². The molecule has 1 aliphatic rings. The lowest BCUT2D eigenvalue weighted by Gasteiger charge is -2.27. The molecule has 2 nitrogen and oxygen atoms in total. The zero-order valence-electron chi connectivity index (χ0n) is 7.51. The average molecular weight is 181 g/mol. The van der Waals surface area contributed by atoms with E-state index in [1.807, 2.05) is 13.0 Å². The predicted octanol–water partition coefficient (Wildman–Crippen LogP) is 1.48. The van der Waals surface area contributed by atoms with Gasteiger partial charge in [0.25, 0.3) is 0 Å². The molecule has 0 radical (unpaired) electrons. The van der Waals surface area contributed by atoms with Crippen molar-refractivity contribution in [2.45, 2.75) is 13.0 Å². The van der Waals surface area contributed by atoms with Crippen LogP contribution in [0.15, 0.2) is 18.2 Å². The minimum atomic E-state index is -0.271. The van der Waals surface area contributed by atoms with Crippen LogP contribution in [0.4, 0.5) is 4.39 Å². The van der Waals surface area contributed by atoms with Gasteiger partial charge in [-0.25, -0.2) is 4.39 Å². The molecule has 1 fully saturated rings. The van der Waals surface area contributed by atoms with Crippen LogP contribution in [0.25, 0.3) is 0 Å². The van der Waals surface area contributed by atoms with Gasteiger partial charge in [-0.2, -0.15) is 0 Å². The highest BCUT2D eigenvalue weighted by molar-refractivity contribution is 5.28. The molecule has 0 aliphatic carbocycles. The lowest BCUT2D eigenvalue weighted by Crippen LogP contribution is -2.50. The van der Waals surface area contributed by atoms with Gasteiger partial charge in [0.15, 0.2) is 11.6 Å². The van der Waals surface area contributed by atoms with Gasteiger partial charge in [-0.3, -0.25) is 0 Å². The number of nitrogens with one attached hydrogen (secondary N) is 1. The molecule has 1 aromatic carbocycles. The van der Waals surface area contributed by atoms with Gasteiger partial charge < -0.3 is 10.1 Å². The van der Waals surface area contributed by atoms with Crippen molar-refractivity contribution in [3.05, 3.63) is 29.6 Å². The Kier molecular flexibility index (Phi) is 2.19. The van der Waals surface area contributed by atoms with Crippen molar-refractivity contribution in [3.63, 3.8) is 0 Å². The van der Waals surface area contributed by atoms with Gasteiger partial charge in [-0.1, -0.05) is 6.07 Å². The summed E-state index contributed by atoms with van der Waals surface area (Å²) in [5.41, 5.74) is 0.914. The molecule has 1 N–H and O–H groups in total. The summed E-state index contributed by atoms with van der Waals surface area (Å²) in [6.07, 6.45) is 0.136. The molecular formula is C10H12FNO. The lowest BCUT2D eigenvalue weighted by atomic mass is 10.2. The number of hydrogen-bond donors (Lipinski definition) is 1. The van der Waals surface area contributed by atoms with Crippen LogP contribution in [0, 0.1) is 12.7 Å². The molecule has 0 unspecified atom stereocenters. The van der Waals surface area contributed by atoms with E-state index >= 15 is 0 Å². The molecule has 0 saturated carbocycles. The standard InChI is InChI=1S/C10H12FNO/c1-7-2-3-10(9(11)4-7)13-8-5-12-6-8/h2-4,8,12H,5-6H2,1H3. The van der Waals surface area contributed by atoms with Gasteiger partial charge in [-0.05, 0) is 24.6 Å². The smallest absolute Gasteiger partial charge is 0.165 e. The van der Waals surface area contributed by atoms with Crippen molar-refractivity contribution >= 4 is 0 Å².